The SMILES string of the molecule is Cc1nc2ccc(CNc3cc(-c4ccccc4)nc4c(Br)cnn34)cc2[nH]1.Cc1nc2ccc(CNc3cc(-c4ccccc4F)nc4c(Br)cnn34)cc2[nH]1.Cc1nc2ccc(CNc3cc(C4CCCCC4)nc4c(Br)cnn34)cc2[nH]1.Clc1ccccc1-c1cc(NCc2ccc3nc[nH]c3c2)n2ncc(Br)c2n1. The molecule has 7 aromatic carbocycles. The predicted octanol–water partition coefficient (Wildman–Crippen LogP) is 20.7. The predicted molar refractivity (Wildman–Crippen MR) is 458 cm³/mol. The van der Waals surface area contributed by atoms with E-state index in [1.165, 1.54) is 49.4 Å². The minimum absolute atomic E-state index is 0.314. The summed E-state index contributed by atoms with van der Waals surface area (Å²) in [5, 5.41) is 32.3. The third-order valence-electron chi connectivity index (χ3n) is 19.5. The summed E-state index contributed by atoms with van der Waals surface area (Å²) in [6.07, 6.45) is 15.1. The Morgan fingerprint density at radius 2 is 0.796 bits per heavy atom. The number of fused-ring (bicyclic) bond motifs is 8. The van der Waals surface area contributed by atoms with Crippen LogP contribution in [0.3, 0.4) is 0 Å². The number of H-pyrrole nitrogens is 4. The lowest BCUT2D eigenvalue weighted by Crippen LogP contribution is -2.11. The van der Waals surface area contributed by atoms with Gasteiger partial charge >= 0.3 is 0 Å². The van der Waals surface area contributed by atoms with Crippen molar-refractivity contribution in [1.29, 1.82) is 0 Å². The summed E-state index contributed by atoms with van der Waals surface area (Å²) in [4.78, 5) is 49.6. The van der Waals surface area contributed by atoms with Crippen molar-refractivity contribution in [2.75, 3.05) is 21.3 Å². The smallest absolute Gasteiger partial charge is 0.172 e. The molecule has 113 heavy (non-hydrogen) atoms. The second-order valence-corrected chi connectivity index (χ2v) is 31.2. The quantitative estimate of drug-likeness (QED) is 0.0446. The molecule has 24 nitrogen and oxygen atoms in total. The average molecular weight is 1780 g/mol. The number of imidazole rings is 4. The minimum Gasteiger partial charge on any atom is -0.366 e. The number of nitrogens with zero attached hydrogens (tertiary/aromatic N) is 16. The van der Waals surface area contributed by atoms with Gasteiger partial charge in [0.15, 0.2) is 22.6 Å². The maximum Gasteiger partial charge on any atom is 0.172 e. The third-order valence-corrected chi connectivity index (χ3v) is 22.1. The summed E-state index contributed by atoms with van der Waals surface area (Å²) in [6, 6.07) is 57.2. The molecule has 0 saturated heterocycles. The normalized spacial score (nSPS) is 12.4. The van der Waals surface area contributed by atoms with Gasteiger partial charge in [-0.25, -0.2) is 44.3 Å². The van der Waals surface area contributed by atoms with Crippen LogP contribution in [0, 0.1) is 26.6 Å². The van der Waals surface area contributed by atoms with Crippen LogP contribution in [0.5, 0.6) is 0 Å². The van der Waals surface area contributed by atoms with Gasteiger partial charge in [0, 0.05) is 83.8 Å². The average Bonchev–Trinajstić information content (AvgIpc) is 1.68. The van der Waals surface area contributed by atoms with Crippen molar-refractivity contribution in [3.05, 3.63) is 281 Å². The van der Waals surface area contributed by atoms with Gasteiger partial charge in [-0.05, 0) is 186 Å². The van der Waals surface area contributed by atoms with Crippen molar-refractivity contribution >= 4 is 165 Å². The van der Waals surface area contributed by atoms with Gasteiger partial charge in [-0.3, -0.25) is 0 Å². The molecule has 1 aliphatic rings. The van der Waals surface area contributed by atoms with E-state index in [0.717, 1.165) is 159 Å². The molecule has 0 amide bonds. The van der Waals surface area contributed by atoms with E-state index >= 15 is 0 Å². The number of aromatic nitrogens is 20. The van der Waals surface area contributed by atoms with Crippen molar-refractivity contribution in [3.63, 3.8) is 0 Å². The highest BCUT2D eigenvalue weighted by atomic mass is 79.9. The Balaban J connectivity index is 0.000000109. The molecule has 20 rings (SSSR count). The van der Waals surface area contributed by atoms with Crippen LogP contribution in [0.4, 0.5) is 27.7 Å². The zero-order valence-electron chi connectivity index (χ0n) is 61.0. The van der Waals surface area contributed by atoms with Crippen LogP contribution in [0.15, 0.2) is 225 Å². The molecule has 12 heterocycles. The Morgan fingerprint density at radius 3 is 1.27 bits per heavy atom. The molecule has 0 bridgehead atoms. The number of halogens is 6. The number of nitrogens with one attached hydrogen (secondary N) is 8. The second kappa shape index (κ2) is 32.5. The number of anilines is 4. The molecule has 0 spiro atoms. The van der Waals surface area contributed by atoms with Crippen LogP contribution >= 0.6 is 75.3 Å². The van der Waals surface area contributed by atoms with E-state index in [4.69, 9.17) is 26.6 Å². The van der Waals surface area contributed by atoms with E-state index in [1.807, 2.05) is 121 Å². The molecular weight excluding hydrogens is 1710 g/mol. The first-order valence-corrected chi connectivity index (χ1v) is 40.1. The van der Waals surface area contributed by atoms with Crippen molar-refractivity contribution in [1.82, 2.24) is 98.3 Å². The largest absolute Gasteiger partial charge is 0.366 e. The van der Waals surface area contributed by atoms with Crippen LogP contribution < -0.4 is 21.3 Å². The Morgan fingerprint density at radius 1 is 0.407 bits per heavy atom. The van der Waals surface area contributed by atoms with Crippen LogP contribution in [0.2, 0.25) is 5.02 Å². The van der Waals surface area contributed by atoms with E-state index in [9.17, 15) is 4.39 Å². The highest BCUT2D eigenvalue weighted by Gasteiger charge is 2.22. The first-order chi connectivity index (χ1) is 55.1. The summed E-state index contributed by atoms with van der Waals surface area (Å²) >= 11 is 20.5. The number of aromatic amines is 4. The molecule has 564 valence electrons. The maximum atomic E-state index is 14.3. The molecule has 0 unspecified atom stereocenters. The van der Waals surface area contributed by atoms with Crippen molar-refractivity contribution in [2.24, 2.45) is 0 Å². The Kier molecular flexibility index (Phi) is 21.3. The van der Waals surface area contributed by atoms with Gasteiger partial charge in [-0.1, -0.05) is 116 Å². The first-order valence-electron chi connectivity index (χ1n) is 36.6. The van der Waals surface area contributed by atoms with Gasteiger partial charge in [-0.2, -0.15) is 38.5 Å². The molecule has 8 N–H and O–H groups in total. The number of rotatable bonds is 16. The number of aryl methyl sites for hydroxylation is 3. The van der Waals surface area contributed by atoms with Gasteiger partial charge in [0.05, 0.1) is 110 Å². The monoisotopic (exact) mass is 1770 g/mol. The number of hydrogen-bond acceptors (Lipinski definition) is 16. The zero-order valence-corrected chi connectivity index (χ0v) is 68.1. The van der Waals surface area contributed by atoms with E-state index in [0.29, 0.717) is 54.0 Å². The molecular formula is C83H70Br4ClFN24. The highest BCUT2D eigenvalue weighted by Crippen LogP contribution is 2.36. The van der Waals surface area contributed by atoms with E-state index in [2.05, 4.69) is 217 Å². The number of hydrogen-bond donors (Lipinski definition) is 8. The minimum atomic E-state index is -0.314. The molecule has 1 fully saturated rings. The molecule has 30 heteroatoms. The van der Waals surface area contributed by atoms with E-state index in [-0.39, 0.29) is 5.82 Å². The molecule has 0 atom stereocenters. The molecule has 1 saturated carbocycles. The van der Waals surface area contributed by atoms with Crippen molar-refractivity contribution in [3.8, 4) is 33.8 Å². The van der Waals surface area contributed by atoms with Crippen molar-refractivity contribution in [2.45, 2.75) is 85.0 Å². The Labute approximate surface area is 683 Å². The summed E-state index contributed by atoms with van der Waals surface area (Å²) < 4.78 is 24.9. The fourth-order valence-electron chi connectivity index (χ4n) is 14.0. The van der Waals surface area contributed by atoms with Gasteiger partial charge in [0.2, 0.25) is 0 Å². The Hall–Kier alpha value is -11.8. The van der Waals surface area contributed by atoms with Crippen LogP contribution in [-0.2, 0) is 26.2 Å². The molecule has 1 aliphatic carbocycles. The van der Waals surface area contributed by atoms with Crippen molar-refractivity contribution < 1.29 is 4.39 Å². The fraction of sp³-hybridized carbons (Fsp3) is 0.157. The highest BCUT2D eigenvalue weighted by molar-refractivity contribution is 9.11. The fourth-order valence-corrected chi connectivity index (χ4v) is 15.6. The summed E-state index contributed by atoms with van der Waals surface area (Å²) in [5.41, 5.74) is 21.4. The lowest BCUT2D eigenvalue weighted by molar-refractivity contribution is 0.437. The molecule has 0 radical (unpaired) electrons. The third kappa shape index (κ3) is 16.2. The van der Waals surface area contributed by atoms with Gasteiger partial charge < -0.3 is 41.2 Å². The standard InChI is InChI=1S/C21H16BrFN6.C21H23BrN6.C21H17BrN6.C20H14BrClN6/c1-12-26-17-7-6-13(8-19(17)27-12)10-24-20-9-18(14-4-2-3-5-16(14)23)28-21-15(22)11-25-29(20)21;2*1-13-25-17-8-7-14(9-19(17)26-13)11-23-20-10-18(15-5-3-2-4-6-15)27-21-16(22)12-24-28(20)21;21-14-10-26-28-19(23-9-12-5-6-16-18(7-12)25-11-24-16)8-17(27-20(14)28)13-3-1-2-4-15(13)22/h2-9,11,24H,10H2,1H3,(H,26,27);7-10,12,15,23H,2-6,11H2,1H3,(H,25,26);2-10,12,23H,11H2,1H3,(H,25,26);1-8,10-11,23H,9H2,(H,24,25). The zero-order chi connectivity index (χ0) is 77.2. The van der Waals surface area contributed by atoms with Crippen LogP contribution in [0.1, 0.15) is 83.4 Å². The van der Waals surface area contributed by atoms with E-state index < -0.39 is 0 Å². The number of benzene rings is 7. The molecule has 19 aromatic rings. The van der Waals surface area contributed by atoms with E-state index in [1.54, 1.807) is 52.1 Å². The first kappa shape index (κ1) is 74.0. The topological polar surface area (TPSA) is 284 Å². The van der Waals surface area contributed by atoms with Gasteiger partial charge in [0.25, 0.3) is 0 Å². The maximum absolute atomic E-state index is 14.3. The van der Waals surface area contributed by atoms with Gasteiger partial charge in [0.1, 0.15) is 46.6 Å². The lowest BCUT2D eigenvalue weighted by Gasteiger charge is -2.22. The molecule has 12 aromatic heterocycles. The summed E-state index contributed by atoms with van der Waals surface area (Å²) in [7, 11) is 0. The molecule has 0 aliphatic heterocycles. The summed E-state index contributed by atoms with van der Waals surface area (Å²) in [5.74, 6) is 6.40. The lowest BCUT2D eigenvalue weighted by atomic mass is 9.87. The second-order valence-electron chi connectivity index (χ2n) is 27.4. The van der Waals surface area contributed by atoms with Gasteiger partial charge in [-0.15, -0.1) is 0 Å². The summed E-state index contributed by atoms with van der Waals surface area (Å²) in [6.45, 7) is 8.47. The van der Waals surface area contributed by atoms with Crippen LogP contribution in [0.25, 0.3) is 100 Å². The van der Waals surface area contributed by atoms with Crippen LogP contribution in [-0.4, -0.2) is 98.3 Å². The Bertz CT molecular complexity index is 6690.